The van der Waals surface area contributed by atoms with Crippen molar-refractivity contribution in [3.63, 3.8) is 0 Å². The van der Waals surface area contributed by atoms with E-state index < -0.39 is 0 Å². The maximum absolute atomic E-state index is 12.7. The van der Waals surface area contributed by atoms with E-state index in [2.05, 4.69) is 39.1 Å². The number of carbonyl (C=O) groups is 1. The van der Waals surface area contributed by atoms with E-state index in [-0.39, 0.29) is 5.91 Å². The van der Waals surface area contributed by atoms with E-state index in [0.717, 1.165) is 42.5 Å². The molecule has 8 heteroatoms. The van der Waals surface area contributed by atoms with Gasteiger partial charge < -0.3 is 19.3 Å². The topological polar surface area (TPSA) is 54.4 Å². The van der Waals surface area contributed by atoms with Crippen LogP contribution < -0.4 is 14.4 Å². The highest BCUT2D eigenvalue weighted by atomic mass is 35.5. The molecule has 0 saturated carbocycles. The van der Waals surface area contributed by atoms with E-state index in [0.29, 0.717) is 34.6 Å². The minimum atomic E-state index is -0.206. The van der Waals surface area contributed by atoms with Gasteiger partial charge in [-0.3, -0.25) is 4.79 Å². The van der Waals surface area contributed by atoms with Gasteiger partial charge in [0.15, 0.2) is 16.7 Å². The first-order chi connectivity index (χ1) is 18.1. The molecule has 2 heterocycles. The van der Waals surface area contributed by atoms with Crippen LogP contribution in [0, 0.1) is 0 Å². The second kappa shape index (κ2) is 11.8. The SMILES string of the molecule is CCOc1cc(C=C2SC(N3CCN(c4ccccc4)CC3)=NC2=O)ccc1OCc1ccccc1Cl. The minimum Gasteiger partial charge on any atom is -0.490 e. The van der Waals surface area contributed by atoms with Gasteiger partial charge in [0.25, 0.3) is 5.91 Å². The summed E-state index contributed by atoms with van der Waals surface area (Å²) in [5.74, 6) is 1.04. The lowest BCUT2D eigenvalue weighted by Crippen LogP contribution is -2.47. The van der Waals surface area contributed by atoms with Gasteiger partial charge in [0, 0.05) is 42.5 Å². The van der Waals surface area contributed by atoms with Crippen LogP contribution in [0.1, 0.15) is 18.1 Å². The van der Waals surface area contributed by atoms with Crippen molar-refractivity contribution < 1.29 is 14.3 Å². The minimum absolute atomic E-state index is 0.206. The molecule has 0 bridgehead atoms. The number of amides is 1. The smallest absolute Gasteiger partial charge is 0.286 e. The van der Waals surface area contributed by atoms with Crippen molar-refractivity contribution in [2.45, 2.75) is 13.5 Å². The predicted octanol–water partition coefficient (Wildman–Crippen LogP) is 6.11. The maximum atomic E-state index is 12.7. The normalized spacial score (nSPS) is 16.8. The number of hydrogen-bond donors (Lipinski definition) is 0. The lowest BCUT2D eigenvalue weighted by Gasteiger charge is -2.36. The Balaban J connectivity index is 1.24. The van der Waals surface area contributed by atoms with E-state index >= 15 is 0 Å². The molecule has 0 aliphatic carbocycles. The number of piperazine rings is 1. The molecule has 0 radical (unpaired) electrons. The highest BCUT2D eigenvalue weighted by Crippen LogP contribution is 2.34. The van der Waals surface area contributed by atoms with Crippen LogP contribution in [0.2, 0.25) is 5.02 Å². The largest absolute Gasteiger partial charge is 0.490 e. The maximum Gasteiger partial charge on any atom is 0.286 e. The van der Waals surface area contributed by atoms with Gasteiger partial charge in [-0.2, -0.15) is 4.99 Å². The standard InChI is InChI=1S/C29H28ClN3O3S/c1-2-35-26-18-21(12-13-25(26)36-20-22-8-6-7-11-24(22)30)19-27-28(34)31-29(37-27)33-16-14-32(15-17-33)23-9-4-3-5-10-23/h3-13,18-19H,2,14-17,20H2,1H3. The molecule has 0 N–H and O–H groups in total. The monoisotopic (exact) mass is 533 g/mol. The molecule has 190 valence electrons. The third-order valence-corrected chi connectivity index (χ3v) is 7.60. The van der Waals surface area contributed by atoms with Gasteiger partial charge in [0.05, 0.1) is 11.5 Å². The number of halogens is 1. The molecule has 0 unspecified atom stereocenters. The van der Waals surface area contributed by atoms with Gasteiger partial charge in [-0.25, -0.2) is 0 Å². The van der Waals surface area contributed by atoms with E-state index in [1.165, 1.54) is 17.4 Å². The molecular formula is C29H28ClN3O3S. The molecule has 0 atom stereocenters. The predicted molar refractivity (Wildman–Crippen MR) is 152 cm³/mol. The zero-order valence-corrected chi connectivity index (χ0v) is 22.2. The summed E-state index contributed by atoms with van der Waals surface area (Å²) in [6.45, 7) is 6.20. The highest BCUT2D eigenvalue weighted by Gasteiger charge is 2.28. The second-order valence-electron chi connectivity index (χ2n) is 8.64. The van der Waals surface area contributed by atoms with Gasteiger partial charge in [-0.1, -0.05) is 54.1 Å². The number of ether oxygens (including phenoxy) is 2. The Labute approximate surface area is 226 Å². The number of thioether (sulfide) groups is 1. The number of hydrogen-bond acceptors (Lipinski definition) is 6. The van der Waals surface area contributed by atoms with Gasteiger partial charge in [0.2, 0.25) is 0 Å². The third-order valence-electron chi connectivity index (χ3n) is 6.19. The van der Waals surface area contributed by atoms with E-state index in [9.17, 15) is 4.79 Å². The van der Waals surface area contributed by atoms with Crippen molar-refractivity contribution in [1.29, 1.82) is 0 Å². The number of benzene rings is 3. The Hall–Kier alpha value is -3.42. The summed E-state index contributed by atoms with van der Waals surface area (Å²) in [4.78, 5) is 22.2. The summed E-state index contributed by atoms with van der Waals surface area (Å²) in [7, 11) is 0. The molecule has 1 fully saturated rings. The molecule has 2 aliphatic heterocycles. The third kappa shape index (κ3) is 6.12. The number of anilines is 1. The summed E-state index contributed by atoms with van der Waals surface area (Å²) >= 11 is 7.69. The van der Waals surface area contributed by atoms with Crippen LogP contribution in [0.3, 0.4) is 0 Å². The van der Waals surface area contributed by atoms with Gasteiger partial charge in [-0.05, 0) is 60.7 Å². The average molecular weight is 534 g/mol. The van der Waals surface area contributed by atoms with Crippen molar-refractivity contribution >= 4 is 46.2 Å². The number of rotatable bonds is 7. The number of carbonyl (C=O) groups excluding carboxylic acids is 1. The van der Waals surface area contributed by atoms with Crippen LogP contribution in [0.15, 0.2) is 82.7 Å². The first kappa shape index (κ1) is 25.2. The zero-order chi connectivity index (χ0) is 25.6. The van der Waals surface area contributed by atoms with Crippen LogP contribution in [-0.4, -0.2) is 48.8 Å². The van der Waals surface area contributed by atoms with Crippen LogP contribution in [0.25, 0.3) is 6.08 Å². The van der Waals surface area contributed by atoms with Crippen LogP contribution >= 0.6 is 23.4 Å². The Kier molecular flexibility index (Phi) is 8.02. The Morgan fingerprint density at radius 2 is 1.65 bits per heavy atom. The summed E-state index contributed by atoms with van der Waals surface area (Å²) < 4.78 is 11.8. The number of aliphatic imine (C=N–C) groups is 1. The average Bonchev–Trinajstić information content (AvgIpc) is 3.29. The molecule has 5 rings (SSSR count). The summed E-state index contributed by atoms with van der Waals surface area (Å²) in [5.41, 5.74) is 2.99. The molecule has 0 spiro atoms. The highest BCUT2D eigenvalue weighted by molar-refractivity contribution is 8.18. The fourth-order valence-electron chi connectivity index (χ4n) is 4.25. The summed E-state index contributed by atoms with van der Waals surface area (Å²) in [6.07, 6.45) is 1.87. The molecule has 2 aliphatic rings. The van der Waals surface area contributed by atoms with Crippen molar-refractivity contribution in [3.8, 4) is 11.5 Å². The zero-order valence-electron chi connectivity index (χ0n) is 20.6. The van der Waals surface area contributed by atoms with Crippen molar-refractivity contribution in [2.75, 3.05) is 37.7 Å². The van der Waals surface area contributed by atoms with Crippen molar-refractivity contribution in [3.05, 3.63) is 93.9 Å². The molecule has 37 heavy (non-hydrogen) atoms. The fraction of sp³-hybridized carbons (Fsp3) is 0.241. The van der Waals surface area contributed by atoms with Crippen LogP contribution in [0.5, 0.6) is 11.5 Å². The van der Waals surface area contributed by atoms with Gasteiger partial charge in [0.1, 0.15) is 6.61 Å². The van der Waals surface area contributed by atoms with Gasteiger partial charge in [-0.15, -0.1) is 0 Å². The van der Waals surface area contributed by atoms with Crippen molar-refractivity contribution in [2.24, 2.45) is 4.99 Å². The molecule has 1 saturated heterocycles. The number of para-hydroxylation sites is 1. The fourth-order valence-corrected chi connectivity index (χ4v) is 5.41. The van der Waals surface area contributed by atoms with Crippen LogP contribution in [-0.2, 0) is 11.4 Å². The van der Waals surface area contributed by atoms with E-state index in [1.807, 2.05) is 61.5 Å². The molecular weight excluding hydrogens is 506 g/mol. The first-order valence-electron chi connectivity index (χ1n) is 12.3. The molecule has 6 nitrogen and oxygen atoms in total. The van der Waals surface area contributed by atoms with Crippen LogP contribution in [0.4, 0.5) is 5.69 Å². The summed E-state index contributed by atoms with van der Waals surface area (Å²) in [6, 6.07) is 23.7. The number of nitrogens with zero attached hydrogens (tertiary/aromatic N) is 3. The van der Waals surface area contributed by atoms with Gasteiger partial charge >= 0.3 is 0 Å². The Morgan fingerprint density at radius 1 is 0.919 bits per heavy atom. The van der Waals surface area contributed by atoms with E-state index in [1.54, 1.807) is 0 Å². The van der Waals surface area contributed by atoms with Crippen molar-refractivity contribution in [1.82, 2.24) is 4.90 Å². The lowest BCUT2D eigenvalue weighted by molar-refractivity contribution is -0.113. The molecule has 3 aromatic carbocycles. The quantitative estimate of drug-likeness (QED) is 0.341. The Bertz CT molecular complexity index is 1320. The lowest BCUT2D eigenvalue weighted by atomic mass is 10.2. The Morgan fingerprint density at radius 3 is 2.41 bits per heavy atom. The number of amidine groups is 1. The first-order valence-corrected chi connectivity index (χ1v) is 13.5. The molecule has 0 aromatic heterocycles. The molecule has 3 aromatic rings. The summed E-state index contributed by atoms with van der Waals surface area (Å²) in [5, 5.41) is 1.43. The van der Waals surface area contributed by atoms with E-state index in [4.69, 9.17) is 21.1 Å². The molecule has 1 amide bonds. The second-order valence-corrected chi connectivity index (χ2v) is 10.1.